The second-order valence-electron chi connectivity index (χ2n) is 5.67. The Bertz CT molecular complexity index is 555. The van der Waals surface area contributed by atoms with Crippen LogP contribution in [0.4, 0.5) is 0 Å². The number of rotatable bonds is 4. The zero-order valence-electron chi connectivity index (χ0n) is 12.2. The van der Waals surface area contributed by atoms with Crippen molar-refractivity contribution in [2.75, 3.05) is 13.2 Å². The van der Waals surface area contributed by atoms with Crippen LogP contribution in [-0.2, 0) is 6.54 Å². The van der Waals surface area contributed by atoms with E-state index < -0.39 is 0 Å². The minimum absolute atomic E-state index is 0.260. The molecule has 112 valence electrons. The highest BCUT2D eigenvalue weighted by Crippen LogP contribution is 2.25. The van der Waals surface area contributed by atoms with Crippen LogP contribution in [0.3, 0.4) is 0 Å². The number of aliphatic hydroxyl groups excluding tert-OH is 1. The van der Waals surface area contributed by atoms with Crippen molar-refractivity contribution in [3.63, 3.8) is 0 Å². The van der Waals surface area contributed by atoms with Gasteiger partial charge in [-0.3, -0.25) is 4.90 Å². The van der Waals surface area contributed by atoms with Crippen molar-refractivity contribution in [1.82, 2.24) is 9.88 Å². The molecule has 2 aromatic rings. The van der Waals surface area contributed by atoms with E-state index in [2.05, 4.69) is 22.4 Å². The highest BCUT2D eigenvalue weighted by atomic mass is 32.1. The molecule has 1 aromatic carbocycles. The quantitative estimate of drug-likeness (QED) is 0.938. The molecular formula is C17H22N2OS. The third kappa shape index (κ3) is 3.70. The fourth-order valence-corrected chi connectivity index (χ4v) is 3.77. The lowest BCUT2D eigenvalue weighted by molar-refractivity contribution is 0.117. The summed E-state index contributed by atoms with van der Waals surface area (Å²) in [6.07, 6.45) is 4.84. The van der Waals surface area contributed by atoms with E-state index in [1.807, 2.05) is 18.2 Å². The first kappa shape index (κ1) is 14.7. The summed E-state index contributed by atoms with van der Waals surface area (Å²) in [5.41, 5.74) is 2.31. The number of benzene rings is 1. The molecule has 0 amide bonds. The highest BCUT2D eigenvalue weighted by molar-refractivity contribution is 7.13. The molecule has 1 aromatic heterocycles. The third-order valence-corrected chi connectivity index (χ3v) is 5.09. The van der Waals surface area contributed by atoms with Gasteiger partial charge < -0.3 is 5.11 Å². The lowest BCUT2D eigenvalue weighted by Gasteiger charge is -2.27. The molecule has 0 radical (unpaired) electrons. The number of hydrogen-bond donors (Lipinski definition) is 1. The van der Waals surface area contributed by atoms with E-state index in [4.69, 9.17) is 4.98 Å². The molecule has 1 N–H and O–H groups in total. The lowest BCUT2D eigenvalue weighted by Crippen LogP contribution is -2.37. The Morgan fingerprint density at radius 1 is 1.19 bits per heavy atom. The number of likely N-dealkylation sites (tertiary alicyclic amines) is 1. The summed E-state index contributed by atoms with van der Waals surface area (Å²) in [6, 6.07) is 10.6. The van der Waals surface area contributed by atoms with E-state index in [0.29, 0.717) is 6.04 Å². The molecule has 4 heteroatoms. The van der Waals surface area contributed by atoms with E-state index >= 15 is 0 Å². The van der Waals surface area contributed by atoms with E-state index in [-0.39, 0.29) is 6.61 Å². The maximum Gasteiger partial charge on any atom is 0.123 e. The van der Waals surface area contributed by atoms with Crippen LogP contribution in [-0.4, -0.2) is 34.2 Å². The molecule has 21 heavy (non-hydrogen) atoms. The van der Waals surface area contributed by atoms with Crippen molar-refractivity contribution in [1.29, 1.82) is 0 Å². The smallest absolute Gasteiger partial charge is 0.123 e. The Balaban J connectivity index is 1.71. The van der Waals surface area contributed by atoms with Gasteiger partial charge in [0.1, 0.15) is 5.01 Å². The summed E-state index contributed by atoms with van der Waals surface area (Å²) in [5.74, 6) is 0. The van der Waals surface area contributed by atoms with Crippen LogP contribution >= 0.6 is 11.3 Å². The third-order valence-electron chi connectivity index (χ3n) is 4.15. The van der Waals surface area contributed by atoms with Gasteiger partial charge in [0.2, 0.25) is 0 Å². The van der Waals surface area contributed by atoms with Crippen molar-refractivity contribution < 1.29 is 5.11 Å². The van der Waals surface area contributed by atoms with Gasteiger partial charge in [-0.25, -0.2) is 4.98 Å². The second-order valence-corrected chi connectivity index (χ2v) is 6.52. The Labute approximate surface area is 130 Å². The molecule has 1 aliphatic rings. The molecule has 3 rings (SSSR count). The molecule has 0 aliphatic carbocycles. The van der Waals surface area contributed by atoms with Crippen LogP contribution in [0.5, 0.6) is 0 Å². The Kier molecular flexibility index (Phi) is 5.01. The van der Waals surface area contributed by atoms with Crippen molar-refractivity contribution in [2.24, 2.45) is 0 Å². The van der Waals surface area contributed by atoms with Gasteiger partial charge in [0.25, 0.3) is 0 Å². The number of nitrogens with zero attached hydrogens (tertiary/aromatic N) is 2. The lowest BCUT2D eigenvalue weighted by atomic mass is 10.1. The van der Waals surface area contributed by atoms with Crippen LogP contribution in [0.25, 0.3) is 10.6 Å². The predicted octanol–water partition coefficient (Wildman–Crippen LogP) is 3.55. The first-order chi connectivity index (χ1) is 10.4. The summed E-state index contributed by atoms with van der Waals surface area (Å²) < 4.78 is 0. The van der Waals surface area contributed by atoms with Crippen LogP contribution in [0.2, 0.25) is 0 Å². The first-order valence-electron chi connectivity index (χ1n) is 7.71. The fraction of sp³-hybridized carbons (Fsp3) is 0.471. The predicted molar refractivity (Wildman–Crippen MR) is 87.3 cm³/mol. The fourth-order valence-electron chi connectivity index (χ4n) is 2.95. The van der Waals surface area contributed by atoms with Crippen molar-refractivity contribution in [2.45, 2.75) is 38.3 Å². The van der Waals surface area contributed by atoms with Gasteiger partial charge in [0.15, 0.2) is 0 Å². The maximum absolute atomic E-state index is 9.59. The van der Waals surface area contributed by atoms with Gasteiger partial charge in [-0.2, -0.15) is 0 Å². The van der Waals surface area contributed by atoms with Gasteiger partial charge in [0.05, 0.1) is 12.3 Å². The maximum atomic E-state index is 9.59. The number of aliphatic hydroxyl groups is 1. The summed E-state index contributed by atoms with van der Waals surface area (Å²) in [7, 11) is 0. The second kappa shape index (κ2) is 7.16. The monoisotopic (exact) mass is 302 g/mol. The largest absolute Gasteiger partial charge is 0.395 e. The number of thiazole rings is 1. The van der Waals surface area contributed by atoms with Gasteiger partial charge in [-0.05, 0) is 19.4 Å². The van der Waals surface area contributed by atoms with E-state index in [9.17, 15) is 5.11 Å². The summed E-state index contributed by atoms with van der Waals surface area (Å²) in [4.78, 5) is 7.17. The first-order valence-corrected chi connectivity index (χ1v) is 8.59. The highest BCUT2D eigenvalue weighted by Gasteiger charge is 2.21. The van der Waals surface area contributed by atoms with Crippen molar-refractivity contribution in [3.8, 4) is 10.6 Å². The Morgan fingerprint density at radius 2 is 2.05 bits per heavy atom. The number of aromatic nitrogens is 1. The minimum Gasteiger partial charge on any atom is -0.395 e. The van der Waals surface area contributed by atoms with Crippen molar-refractivity contribution >= 4 is 11.3 Å². The molecule has 2 heterocycles. The zero-order chi connectivity index (χ0) is 14.5. The minimum atomic E-state index is 0.260. The van der Waals surface area contributed by atoms with Gasteiger partial charge in [-0.15, -0.1) is 11.3 Å². The van der Waals surface area contributed by atoms with Crippen LogP contribution in [0.15, 0.2) is 35.7 Å². The van der Waals surface area contributed by atoms with E-state index in [1.165, 1.54) is 24.8 Å². The summed E-state index contributed by atoms with van der Waals surface area (Å²) >= 11 is 1.70. The SMILES string of the molecule is OCC1CCCCCN1Cc1csc(-c2ccccc2)n1. The van der Waals surface area contributed by atoms with Crippen molar-refractivity contribution in [3.05, 3.63) is 41.4 Å². The van der Waals surface area contributed by atoms with Gasteiger partial charge >= 0.3 is 0 Å². The zero-order valence-corrected chi connectivity index (χ0v) is 13.1. The molecule has 3 nitrogen and oxygen atoms in total. The van der Waals surface area contributed by atoms with Crippen LogP contribution in [0.1, 0.15) is 31.4 Å². The van der Waals surface area contributed by atoms with E-state index in [1.54, 1.807) is 11.3 Å². The van der Waals surface area contributed by atoms with Crippen LogP contribution < -0.4 is 0 Å². The molecule has 1 unspecified atom stereocenters. The normalized spacial score (nSPS) is 20.3. The average Bonchev–Trinajstić information content (AvgIpc) is 2.88. The van der Waals surface area contributed by atoms with E-state index in [0.717, 1.165) is 30.2 Å². The molecule has 1 aliphatic heterocycles. The Morgan fingerprint density at radius 3 is 2.86 bits per heavy atom. The molecular weight excluding hydrogens is 280 g/mol. The van der Waals surface area contributed by atoms with Gasteiger partial charge in [-0.1, -0.05) is 43.2 Å². The molecule has 1 saturated heterocycles. The molecule has 0 saturated carbocycles. The van der Waals surface area contributed by atoms with Crippen LogP contribution in [0, 0.1) is 0 Å². The number of hydrogen-bond acceptors (Lipinski definition) is 4. The molecule has 0 bridgehead atoms. The Hall–Kier alpha value is -1.23. The molecule has 0 spiro atoms. The summed E-state index contributed by atoms with van der Waals surface area (Å²) in [6.45, 7) is 2.19. The molecule has 1 fully saturated rings. The van der Waals surface area contributed by atoms with Gasteiger partial charge in [0, 0.05) is 23.5 Å². The average molecular weight is 302 g/mol. The molecule has 1 atom stereocenters. The standard InChI is InChI=1S/C17H22N2OS/c20-12-16-9-5-2-6-10-19(16)11-15-13-21-17(18-15)14-7-3-1-4-8-14/h1,3-4,7-8,13,16,20H,2,5-6,9-12H2. The summed E-state index contributed by atoms with van der Waals surface area (Å²) in [5, 5.41) is 12.8. The topological polar surface area (TPSA) is 36.4 Å².